The zero-order valence-electron chi connectivity index (χ0n) is 7.15. The van der Waals surface area contributed by atoms with Gasteiger partial charge in [0.2, 0.25) is 5.91 Å². The molecule has 0 unspecified atom stereocenters. The minimum Gasteiger partial charge on any atom is -0.320 e. The van der Waals surface area contributed by atoms with Crippen LogP contribution in [-0.4, -0.2) is 17.4 Å². The van der Waals surface area contributed by atoms with Crippen molar-refractivity contribution in [3.8, 4) is 0 Å². The van der Waals surface area contributed by atoms with Crippen LogP contribution in [0.25, 0.3) is 0 Å². The molecule has 2 heterocycles. The van der Waals surface area contributed by atoms with Crippen molar-refractivity contribution < 1.29 is 9.59 Å². The highest BCUT2D eigenvalue weighted by Gasteiger charge is 2.16. The van der Waals surface area contributed by atoms with Crippen molar-refractivity contribution in [2.45, 2.75) is 0 Å². The van der Waals surface area contributed by atoms with E-state index in [0.717, 1.165) is 0 Å². The summed E-state index contributed by atoms with van der Waals surface area (Å²) in [5.41, 5.74) is 0. The summed E-state index contributed by atoms with van der Waals surface area (Å²) in [5.74, 6) is 0.314. The van der Waals surface area contributed by atoms with Crippen LogP contribution in [-0.2, 0) is 4.79 Å². The monoisotopic (exact) mass is 225 g/mol. The molecule has 1 aliphatic heterocycles. The maximum atomic E-state index is 11.5. The van der Waals surface area contributed by atoms with Crippen molar-refractivity contribution >= 4 is 34.8 Å². The van der Waals surface area contributed by atoms with Gasteiger partial charge < -0.3 is 5.32 Å². The van der Waals surface area contributed by atoms with E-state index < -0.39 is 0 Å². The van der Waals surface area contributed by atoms with Gasteiger partial charge in [0.1, 0.15) is 0 Å². The number of rotatable bonds is 2. The first kappa shape index (κ1) is 9.48. The minimum atomic E-state index is -0.0512. The molecule has 1 aromatic rings. The van der Waals surface area contributed by atoms with Crippen molar-refractivity contribution in [3.63, 3.8) is 0 Å². The lowest BCUT2D eigenvalue weighted by Gasteiger charge is -1.93. The number of hydrogen-bond donors (Lipinski definition) is 1. The highest BCUT2D eigenvalue weighted by atomic mass is 32.2. The molecule has 0 radical (unpaired) electrons. The molecule has 0 atom stereocenters. The molecule has 1 aliphatic rings. The topological polar surface area (TPSA) is 46.2 Å². The van der Waals surface area contributed by atoms with Gasteiger partial charge in [0.05, 0.1) is 15.7 Å². The molecule has 72 valence electrons. The summed E-state index contributed by atoms with van der Waals surface area (Å²) in [7, 11) is 0. The van der Waals surface area contributed by atoms with E-state index >= 15 is 0 Å². The lowest BCUT2D eigenvalue weighted by molar-refractivity contribution is -0.117. The van der Waals surface area contributed by atoms with E-state index in [1.165, 1.54) is 29.2 Å². The Balaban J connectivity index is 2.11. The van der Waals surface area contributed by atoms with Gasteiger partial charge >= 0.3 is 0 Å². The van der Waals surface area contributed by atoms with Crippen LogP contribution in [0.3, 0.4) is 0 Å². The van der Waals surface area contributed by atoms with E-state index in [-0.39, 0.29) is 11.7 Å². The first-order valence-corrected chi connectivity index (χ1v) is 5.84. The highest BCUT2D eigenvalue weighted by Crippen LogP contribution is 2.20. The SMILES string of the molecule is O=C1CS/C(=C/C(=O)c2cccs2)N1. The molecule has 1 fully saturated rings. The van der Waals surface area contributed by atoms with Crippen LogP contribution in [0, 0.1) is 0 Å². The summed E-state index contributed by atoms with van der Waals surface area (Å²) in [6.45, 7) is 0. The number of allylic oxidation sites excluding steroid dienone is 1. The Bertz CT molecular complexity index is 395. The van der Waals surface area contributed by atoms with Gasteiger partial charge in [-0.3, -0.25) is 9.59 Å². The lowest BCUT2D eigenvalue weighted by atomic mass is 10.3. The second kappa shape index (κ2) is 3.98. The number of thioether (sulfide) groups is 1. The van der Waals surface area contributed by atoms with Gasteiger partial charge in [-0.25, -0.2) is 0 Å². The smallest absolute Gasteiger partial charge is 0.235 e. The van der Waals surface area contributed by atoms with E-state index in [2.05, 4.69) is 5.32 Å². The number of carbonyl (C=O) groups excluding carboxylic acids is 2. The number of thiophene rings is 1. The third-order valence-electron chi connectivity index (χ3n) is 1.65. The predicted molar refractivity (Wildman–Crippen MR) is 57.3 cm³/mol. The van der Waals surface area contributed by atoms with Gasteiger partial charge in [0, 0.05) is 6.08 Å². The van der Waals surface area contributed by atoms with E-state index in [0.29, 0.717) is 15.7 Å². The van der Waals surface area contributed by atoms with Gasteiger partial charge in [-0.15, -0.1) is 11.3 Å². The molecule has 1 N–H and O–H groups in total. The molecule has 1 amide bonds. The van der Waals surface area contributed by atoms with Crippen molar-refractivity contribution in [2.24, 2.45) is 0 Å². The number of hydrogen-bond acceptors (Lipinski definition) is 4. The predicted octanol–water partition coefficient (Wildman–Crippen LogP) is 1.64. The fraction of sp³-hybridized carbons (Fsp3) is 0.111. The van der Waals surface area contributed by atoms with Crippen molar-refractivity contribution in [1.29, 1.82) is 0 Å². The van der Waals surface area contributed by atoms with Crippen LogP contribution in [0.4, 0.5) is 0 Å². The van der Waals surface area contributed by atoms with Crippen molar-refractivity contribution in [3.05, 3.63) is 33.5 Å². The molecule has 0 aromatic carbocycles. The third-order valence-corrected chi connectivity index (χ3v) is 3.47. The largest absolute Gasteiger partial charge is 0.320 e. The van der Waals surface area contributed by atoms with Gasteiger partial charge in [0.25, 0.3) is 0 Å². The van der Waals surface area contributed by atoms with Gasteiger partial charge in [0.15, 0.2) is 5.78 Å². The van der Waals surface area contributed by atoms with Crippen LogP contribution in [0.2, 0.25) is 0 Å². The average Bonchev–Trinajstić information content (AvgIpc) is 2.75. The first-order chi connectivity index (χ1) is 6.75. The molecular formula is C9H7NO2S2. The zero-order chi connectivity index (χ0) is 9.97. The summed E-state index contributed by atoms with van der Waals surface area (Å²) in [4.78, 5) is 23.1. The molecule has 0 aliphatic carbocycles. The Hall–Kier alpha value is -1.07. The van der Waals surface area contributed by atoms with Crippen LogP contribution in [0.15, 0.2) is 28.6 Å². The van der Waals surface area contributed by atoms with Gasteiger partial charge in [-0.1, -0.05) is 17.8 Å². The van der Waals surface area contributed by atoms with Gasteiger partial charge in [-0.05, 0) is 11.4 Å². The van der Waals surface area contributed by atoms with E-state index in [4.69, 9.17) is 0 Å². The zero-order valence-corrected chi connectivity index (χ0v) is 8.78. The van der Waals surface area contributed by atoms with Crippen molar-refractivity contribution in [1.82, 2.24) is 5.32 Å². The van der Waals surface area contributed by atoms with Gasteiger partial charge in [-0.2, -0.15) is 0 Å². The molecule has 0 saturated carbocycles. The molecule has 3 nitrogen and oxygen atoms in total. The standard InChI is InChI=1S/C9H7NO2S2/c11-6(7-2-1-3-13-7)4-9-10-8(12)5-14-9/h1-4H,5H2,(H,10,12)/b9-4+. The molecule has 1 saturated heterocycles. The maximum Gasteiger partial charge on any atom is 0.235 e. The van der Waals surface area contributed by atoms with Crippen LogP contribution < -0.4 is 5.32 Å². The summed E-state index contributed by atoms with van der Waals surface area (Å²) in [5, 5.41) is 5.12. The number of amides is 1. The van der Waals surface area contributed by atoms with Crippen LogP contribution in [0.5, 0.6) is 0 Å². The molecular weight excluding hydrogens is 218 g/mol. The number of carbonyl (C=O) groups is 2. The molecule has 14 heavy (non-hydrogen) atoms. The van der Waals surface area contributed by atoms with Crippen molar-refractivity contribution in [2.75, 3.05) is 5.75 Å². The first-order valence-electron chi connectivity index (χ1n) is 3.98. The summed E-state index contributed by atoms with van der Waals surface area (Å²) in [6.07, 6.45) is 1.47. The fourth-order valence-corrected chi connectivity index (χ4v) is 2.41. The quantitative estimate of drug-likeness (QED) is 0.614. The maximum absolute atomic E-state index is 11.5. The summed E-state index contributed by atoms with van der Waals surface area (Å²) in [6, 6.07) is 3.60. The number of nitrogens with one attached hydrogen (secondary N) is 1. The van der Waals surface area contributed by atoms with E-state index in [1.807, 2.05) is 11.4 Å². The molecule has 5 heteroatoms. The Morgan fingerprint density at radius 3 is 3.00 bits per heavy atom. The Morgan fingerprint density at radius 2 is 2.43 bits per heavy atom. The molecule has 1 aromatic heterocycles. The Kier molecular flexibility index (Phi) is 2.69. The average molecular weight is 225 g/mol. The highest BCUT2D eigenvalue weighted by molar-refractivity contribution is 8.04. The third kappa shape index (κ3) is 2.05. The van der Waals surface area contributed by atoms with E-state index in [9.17, 15) is 9.59 Å². The Morgan fingerprint density at radius 1 is 1.57 bits per heavy atom. The molecule has 2 rings (SSSR count). The lowest BCUT2D eigenvalue weighted by Crippen LogP contribution is -2.14. The minimum absolute atomic E-state index is 0.0415. The second-order valence-corrected chi connectivity index (χ2v) is 4.65. The van der Waals surface area contributed by atoms with Crippen LogP contribution >= 0.6 is 23.1 Å². The molecule has 0 bridgehead atoms. The second-order valence-electron chi connectivity index (χ2n) is 2.69. The summed E-state index contributed by atoms with van der Waals surface area (Å²) >= 11 is 2.76. The molecule has 0 spiro atoms. The summed E-state index contributed by atoms with van der Waals surface area (Å²) < 4.78 is 0. The van der Waals surface area contributed by atoms with E-state index in [1.54, 1.807) is 6.07 Å². The fourth-order valence-electron chi connectivity index (χ4n) is 1.04. The number of ketones is 1. The van der Waals surface area contributed by atoms with Crippen LogP contribution in [0.1, 0.15) is 9.67 Å². The normalized spacial score (nSPS) is 18.6. The Labute approximate surface area is 89.2 Å².